The third-order valence-electron chi connectivity index (χ3n) is 3.28. The third-order valence-corrected chi connectivity index (χ3v) is 3.51. The van der Waals surface area contributed by atoms with Crippen LogP contribution in [0.5, 0.6) is 0 Å². The molecule has 0 unspecified atom stereocenters. The molecule has 4 nitrogen and oxygen atoms in total. The fourth-order valence-corrected chi connectivity index (χ4v) is 2.21. The highest BCUT2D eigenvalue weighted by molar-refractivity contribution is 6.30. The molecule has 0 heterocycles. The first kappa shape index (κ1) is 13.2. The first-order chi connectivity index (χ1) is 8.66. The van der Waals surface area contributed by atoms with E-state index in [0.717, 1.165) is 17.9 Å². The van der Waals surface area contributed by atoms with Gasteiger partial charge in [0.15, 0.2) is 0 Å². The van der Waals surface area contributed by atoms with Gasteiger partial charge in [-0.3, -0.25) is 0 Å². The zero-order valence-electron chi connectivity index (χ0n) is 10.1. The van der Waals surface area contributed by atoms with Gasteiger partial charge in [-0.15, -0.1) is 0 Å². The first-order valence-corrected chi connectivity index (χ1v) is 6.43. The minimum absolute atomic E-state index is 0.0431. The van der Waals surface area contributed by atoms with Gasteiger partial charge in [0.1, 0.15) is 0 Å². The maximum absolute atomic E-state index is 11.4. The maximum atomic E-state index is 11.4. The monoisotopic (exact) mass is 268 g/mol. The molecule has 2 rings (SSSR count). The lowest BCUT2D eigenvalue weighted by molar-refractivity contribution is 0.233. The molecule has 1 aliphatic carbocycles. The third kappa shape index (κ3) is 3.15. The van der Waals surface area contributed by atoms with Crippen molar-refractivity contribution in [1.82, 2.24) is 10.6 Å². The van der Waals surface area contributed by atoms with Gasteiger partial charge in [-0.1, -0.05) is 23.7 Å². The van der Waals surface area contributed by atoms with Crippen molar-refractivity contribution in [3.63, 3.8) is 0 Å². The summed E-state index contributed by atoms with van der Waals surface area (Å²) in [4.78, 5) is 11.4. The summed E-state index contributed by atoms with van der Waals surface area (Å²) in [5.74, 6) is 0. The molecule has 3 N–H and O–H groups in total. The van der Waals surface area contributed by atoms with Gasteiger partial charge in [0.25, 0.3) is 0 Å². The van der Waals surface area contributed by atoms with Gasteiger partial charge in [0.2, 0.25) is 0 Å². The van der Waals surface area contributed by atoms with Gasteiger partial charge in [0.05, 0.1) is 6.61 Å². The van der Waals surface area contributed by atoms with Crippen molar-refractivity contribution >= 4 is 17.6 Å². The van der Waals surface area contributed by atoms with Crippen molar-refractivity contribution in [3.05, 3.63) is 34.9 Å². The second-order valence-corrected chi connectivity index (χ2v) is 5.06. The predicted octanol–water partition coefficient (Wildman–Crippen LogP) is 1.66. The Hall–Kier alpha value is -1.26. The molecular formula is C13H17ClN2O2. The molecule has 1 fully saturated rings. The van der Waals surface area contributed by atoms with Gasteiger partial charge in [-0.05, 0) is 30.5 Å². The number of carbonyl (C=O) groups excluding carboxylic acids is 1. The Morgan fingerprint density at radius 1 is 1.39 bits per heavy atom. The molecular weight excluding hydrogens is 252 g/mol. The number of carbonyl (C=O) groups is 1. The second kappa shape index (κ2) is 5.59. The second-order valence-electron chi connectivity index (χ2n) is 4.62. The van der Waals surface area contributed by atoms with Crippen molar-refractivity contribution in [2.45, 2.75) is 18.3 Å². The minimum Gasteiger partial charge on any atom is -0.395 e. The lowest BCUT2D eigenvalue weighted by atomic mass is 9.96. The number of urea groups is 1. The van der Waals surface area contributed by atoms with Crippen molar-refractivity contribution in [1.29, 1.82) is 0 Å². The number of hydrogen-bond donors (Lipinski definition) is 3. The lowest BCUT2D eigenvalue weighted by Gasteiger charge is -2.17. The number of amides is 2. The average Bonchev–Trinajstić information content (AvgIpc) is 3.15. The summed E-state index contributed by atoms with van der Waals surface area (Å²) in [7, 11) is 0. The number of nitrogens with one attached hydrogen (secondary N) is 2. The van der Waals surface area contributed by atoms with Crippen LogP contribution < -0.4 is 10.6 Å². The molecule has 0 saturated heterocycles. The van der Waals surface area contributed by atoms with E-state index in [0.29, 0.717) is 6.54 Å². The molecule has 2 amide bonds. The largest absolute Gasteiger partial charge is 0.395 e. The summed E-state index contributed by atoms with van der Waals surface area (Å²) in [5.41, 5.74) is 1.22. The Morgan fingerprint density at radius 2 is 2.17 bits per heavy atom. The molecule has 0 atom stereocenters. The number of rotatable bonds is 5. The summed E-state index contributed by atoms with van der Waals surface area (Å²) in [6, 6.07) is 7.55. The summed E-state index contributed by atoms with van der Waals surface area (Å²) in [6.45, 7) is 0.827. The molecule has 98 valence electrons. The zero-order chi connectivity index (χ0) is 13.0. The van der Waals surface area contributed by atoms with Crippen LogP contribution in [0.3, 0.4) is 0 Å². The molecule has 1 saturated carbocycles. The van der Waals surface area contributed by atoms with E-state index in [4.69, 9.17) is 16.7 Å². The Morgan fingerprint density at radius 3 is 2.78 bits per heavy atom. The lowest BCUT2D eigenvalue weighted by Crippen LogP contribution is -2.40. The fourth-order valence-electron chi connectivity index (χ4n) is 2.02. The SMILES string of the molecule is O=C(NCCO)NCC1(c2cccc(Cl)c2)CC1. The standard InChI is InChI=1S/C13H17ClN2O2/c14-11-3-1-2-10(8-11)13(4-5-13)9-16-12(18)15-6-7-17/h1-3,8,17H,4-7,9H2,(H2,15,16,18). The Bertz CT molecular complexity index is 433. The molecule has 1 aromatic carbocycles. The van der Waals surface area contributed by atoms with Gasteiger partial charge in [0, 0.05) is 23.5 Å². The van der Waals surface area contributed by atoms with Crippen molar-refractivity contribution in [2.24, 2.45) is 0 Å². The summed E-state index contributed by atoms with van der Waals surface area (Å²) < 4.78 is 0. The summed E-state index contributed by atoms with van der Waals surface area (Å²) in [6.07, 6.45) is 2.13. The van der Waals surface area contributed by atoms with Crippen LogP contribution in [0.2, 0.25) is 5.02 Å². The highest BCUT2D eigenvalue weighted by atomic mass is 35.5. The van der Waals surface area contributed by atoms with E-state index >= 15 is 0 Å². The van der Waals surface area contributed by atoms with Gasteiger partial charge < -0.3 is 15.7 Å². The highest BCUT2D eigenvalue weighted by Crippen LogP contribution is 2.48. The Kier molecular flexibility index (Phi) is 4.09. The summed E-state index contributed by atoms with van der Waals surface area (Å²) in [5, 5.41) is 14.7. The van der Waals surface area contributed by atoms with E-state index in [1.54, 1.807) is 0 Å². The van der Waals surface area contributed by atoms with Crippen molar-refractivity contribution < 1.29 is 9.90 Å². The topological polar surface area (TPSA) is 61.4 Å². The van der Waals surface area contributed by atoms with Crippen molar-refractivity contribution in [2.75, 3.05) is 19.7 Å². The van der Waals surface area contributed by atoms with Gasteiger partial charge in [-0.25, -0.2) is 4.79 Å². The van der Waals surface area contributed by atoms with E-state index in [1.165, 1.54) is 5.56 Å². The van der Waals surface area contributed by atoms with E-state index in [9.17, 15) is 4.79 Å². The highest BCUT2D eigenvalue weighted by Gasteiger charge is 2.44. The molecule has 5 heteroatoms. The molecule has 0 aromatic heterocycles. The number of aliphatic hydroxyl groups is 1. The van der Waals surface area contributed by atoms with Crippen LogP contribution in [0.25, 0.3) is 0 Å². The van der Waals surface area contributed by atoms with Crippen LogP contribution in [-0.4, -0.2) is 30.8 Å². The molecule has 0 radical (unpaired) electrons. The van der Waals surface area contributed by atoms with Crippen LogP contribution >= 0.6 is 11.6 Å². The smallest absolute Gasteiger partial charge is 0.314 e. The normalized spacial score (nSPS) is 16.1. The predicted molar refractivity (Wildman–Crippen MR) is 70.9 cm³/mol. The average molecular weight is 269 g/mol. The van der Waals surface area contributed by atoms with E-state index in [-0.39, 0.29) is 24.6 Å². The fraction of sp³-hybridized carbons (Fsp3) is 0.462. The van der Waals surface area contributed by atoms with Crippen LogP contribution in [0.1, 0.15) is 18.4 Å². The minimum atomic E-state index is -0.239. The van der Waals surface area contributed by atoms with Crippen LogP contribution in [0.4, 0.5) is 4.79 Å². The summed E-state index contributed by atoms with van der Waals surface area (Å²) >= 11 is 5.98. The van der Waals surface area contributed by atoms with E-state index in [2.05, 4.69) is 10.6 Å². The van der Waals surface area contributed by atoms with Crippen LogP contribution in [0.15, 0.2) is 24.3 Å². The Balaban J connectivity index is 1.91. The first-order valence-electron chi connectivity index (χ1n) is 6.05. The maximum Gasteiger partial charge on any atom is 0.314 e. The zero-order valence-corrected chi connectivity index (χ0v) is 10.8. The van der Waals surface area contributed by atoms with Gasteiger partial charge >= 0.3 is 6.03 Å². The van der Waals surface area contributed by atoms with Crippen molar-refractivity contribution in [3.8, 4) is 0 Å². The van der Waals surface area contributed by atoms with E-state index in [1.807, 2.05) is 24.3 Å². The van der Waals surface area contributed by atoms with Gasteiger partial charge in [-0.2, -0.15) is 0 Å². The molecule has 0 bridgehead atoms. The molecule has 0 aliphatic heterocycles. The van der Waals surface area contributed by atoms with Crippen LogP contribution in [-0.2, 0) is 5.41 Å². The number of benzene rings is 1. The molecule has 18 heavy (non-hydrogen) atoms. The molecule has 1 aliphatic rings. The number of hydrogen-bond acceptors (Lipinski definition) is 2. The number of halogens is 1. The van der Waals surface area contributed by atoms with E-state index < -0.39 is 0 Å². The molecule has 0 spiro atoms. The number of aliphatic hydroxyl groups excluding tert-OH is 1. The Labute approximate surface area is 111 Å². The molecule has 1 aromatic rings. The quantitative estimate of drug-likeness (QED) is 0.761. The van der Waals surface area contributed by atoms with Crippen LogP contribution in [0, 0.1) is 0 Å².